The molecule has 1 amide bonds. The summed E-state index contributed by atoms with van der Waals surface area (Å²) >= 11 is 5.89. The highest BCUT2D eigenvalue weighted by Gasteiger charge is 2.18. The number of pyridine rings is 1. The van der Waals surface area contributed by atoms with E-state index in [1.807, 2.05) is 32.9 Å². The first-order chi connectivity index (χ1) is 17.1. The predicted octanol–water partition coefficient (Wildman–Crippen LogP) is 4.38. The van der Waals surface area contributed by atoms with Crippen molar-refractivity contribution in [1.82, 2.24) is 19.9 Å². The van der Waals surface area contributed by atoms with Gasteiger partial charge in [0, 0.05) is 11.6 Å². The zero-order chi connectivity index (χ0) is 25.9. The molecule has 4 rings (SSSR count). The lowest BCUT2D eigenvalue weighted by molar-refractivity contribution is 0.00694. The number of fused-ring (bicyclic) bond motifs is 1. The van der Waals surface area contributed by atoms with Gasteiger partial charge in [-0.25, -0.2) is 14.8 Å². The van der Waals surface area contributed by atoms with Crippen LogP contribution in [0.15, 0.2) is 71.9 Å². The van der Waals surface area contributed by atoms with E-state index >= 15 is 0 Å². The summed E-state index contributed by atoms with van der Waals surface area (Å²) in [6.07, 6.45) is 2.85. The van der Waals surface area contributed by atoms with Gasteiger partial charge in [0.05, 0.1) is 35.5 Å². The molecule has 0 radical (unpaired) electrons. The molecular weight excluding hydrogens is 480 g/mol. The lowest BCUT2D eigenvalue weighted by Gasteiger charge is -2.19. The quantitative estimate of drug-likeness (QED) is 0.391. The number of nitrogens with one attached hydrogen (secondary N) is 1. The number of nitrogens with zero attached hydrogens (tertiary/aromatic N) is 3. The van der Waals surface area contributed by atoms with E-state index in [2.05, 4.69) is 15.3 Å². The van der Waals surface area contributed by atoms with Crippen LogP contribution in [0.1, 0.15) is 52.7 Å². The van der Waals surface area contributed by atoms with Crippen LogP contribution in [0.3, 0.4) is 0 Å². The van der Waals surface area contributed by atoms with Crippen molar-refractivity contribution in [2.24, 2.45) is 0 Å². The maximum Gasteiger partial charge on any atom is 0.338 e. The molecule has 0 saturated heterocycles. The van der Waals surface area contributed by atoms with Crippen LogP contribution < -0.4 is 10.9 Å². The van der Waals surface area contributed by atoms with Gasteiger partial charge in [-0.15, -0.1) is 0 Å². The van der Waals surface area contributed by atoms with Crippen LogP contribution >= 0.6 is 11.6 Å². The number of esters is 1. The molecule has 184 valence electrons. The number of carbonyl (C=O) groups excluding carboxylic acids is 2. The molecule has 4 aromatic rings. The van der Waals surface area contributed by atoms with Crippen molar-refractivity contribution in [3.8, 4) is 0 Å². The van der Waals surface area contributed by atoms with Gasteiger partial charge < -0.3 is 10.1 Å². The molecular formula is C27H25ClN4O4. The second-order valence-corrected chi connectivity index (χ2v) is 9.71. The average molecular weight is 505 g/mol. The second-order valence-electron chi connectivity index (χ2n) is 9.27. The third kappa shape index (κ3) is 6.14. The van der Waals surface area contributed by atoms with Crippen molar-refractivity contribution in [1.29, 1.82) is 0 Å². The zero-order valence-electron chi connectivity index (χ0n) is 20.1. The molecule has 2 aromatic heterocycles. The summed E-state index contributed by atoms with van der Waals surface area (Å²) in [7, 11) is 0. The van der Waals surface area contributed by atoms with E-state index < -0.39 is 17.5 Å². The molecule has 0 atom stereocenters. The Balaban J connectivity index is 1.50. The minimum atomic E-state index is -0.583. The molecule has 2 heterocycles. The fourth-order valence-corrected chi connectivity index (χ4v) is 3.58. The molecule has 0 fully saturated rings. The number of amides is 1. The van der Waals surface area contributed by atoms with Gasteiger partial charge in [-0.3, -0.25) is 14.2 Å². The summed E-state index contributed by atoms with van der Waals surface area (Å²) in [5, 5.41) is 3.69. The van der Waals surface area contributed by atoms with E-state index in [4.69, 9.17) is 16.3 Å². The summed E-state index contributed by atoms with van der Waals surface area (Å²) in [5.74, 6) is -0.813. The highest BCUT2D eigenvalue weighted by Crippen LogP contribution is 2.14. The Bertz CT molecular complexity index is 1470. The normalized spacial score (nSPS) is 11.3. The Labute approximate surface area is 212 Å². The molecule has 9 heteroatoms. The first kappa shape index (κ1) is 25.1. The predicted molar refractivity (Wildman–Crippen MR) is 137 cm³/mol. The van der Waals surface area contributed by atoms with Crippen molar-refractivity contribution < 1.29 is 14.3 Å². The number of benzene rings is 2. The van der Waals surface area contributed by atoms with Gasteiger partial charge in [0.15, 0.2) is 0 Å². The van der Waals surface area contributed by atoms with Gasteiger partial charge in [-0.2, -0.15) is 0 Å². The fourth-order valence-electron chi connectivity index (χ4n) is 3.45. The number of hydrogen-bond acceptors (Lipinski definition) is 6. The Morgan fingerprint density at radius 2 is 1.67 bits per heavy atom. The minimum Gasteiger partial charge on any atom is -0.456 e. The van der Waals surface area contributed by atoms with E-state index in [0.29, 0.717) is 22.6 Å². The van der Waals surface area contributed by atoms with Crippen molar-refractivity contribution in [2.75, 3.05) is 0 Å². The largest absolute Gasteiger partial charge is 0.456 e. The topological polar surface area (TPSA) is 103 Å². The molecule has 1 N–H and O–H groups in total. The molecule has 8 nitrogen and oxygen atoms in total. The van der Waals surface area contributed by atoms with Crippen LogP contribution in [-0.2, 0) is 17.8 Å². The molecule has 2 aromatic carbocycles. The zero-order valence-corrected chi connectivity index (χ0v) is 20.9. The Morgan fingerprint density at radius 1 is 1.00 bits per heavy atom. The Morgan fingerprint density at radius 3 is 2.33 bits per heavy atom. The smallest absolute Gasteiger partial charge is 0.338 e. The van der Waals surface area contributed by atoms with Crippen molar-refractivity contribution in [2.45, 2.75) is 39.5 Å². The number of halogens is 1. The molecule has 0 aliphatic heterocycles. The number of hydrogen-bond donors (Lipinski definition) is 1. The molecule has 0 bridgehead atoms. The summed E-state index contributed by atoms with van der Waals surface area (Å²) in [6, 6.07) is 15.4. The molecule has 0 aliphatic rings. The van der Waals surface area contributed by atoms with Crippen LogP contribution in [0.25, 0.3) is 10.9 Å². The van der Waals surface area contributed by atoms with Crippen molar-refractivity contribution >= 4 is 34.4 Å². The molecule has 0 aliphatic carbocycles. The molecule has 0 unspecified atom stereocenters. The minimum absolute atomic E-state index is 0.120. The summed E-state index contributed by atoms with van der Waals surface area (Å²) in [6.45, 7) is 5.97. The van der Waals surface area contributed by atoms with E-state index in [1.54, 1.807) is 36.4 Å². The highest BCUT2D eigenvalue weighted by molar-refractivity contribution is 6.30. The molecule has 0 saturated carbocycles. The van der Waals surface area contributed by atoms with Crippen LogP contribution in [0.4, 0.5) is 0 Å². The number of carbonyl (C=O) groups is 2. The number of ether oxygens (including phenoxy) is 1. The Kier molecular flexibility index (Phi) is 7.17. The third-order valence-electron chi connectivity index (χ3n) is 5.25. The van der Waals surface area contributed by atoms with E-state index in [-0.39, 0.29) is 23.2 Å². The lowest BCUT2D eigenvalue weighted by Crippen LogP contribution is -2.25. The number of rotatable bonds is 6. The Hall–Kier alpha value is -4.04. The average Bonchev–Trinajstić information content (AvgIpc) is 2.84. The van der Waals surface area contributed by atoms with Gasteiger partial charge in [0.1, 0.15) is 11.3 Å². The van der Waals surface area contributed by atoms with E-state index in [0.717, 1.165) is 11.1 Å². The van der Waals surface area contributed by atoms with Gasteiger partial charge >= 0.3 is 5.97 Å². The summed E-state index contributed by atoms with van der Waals surface area (Å²) in [5.41, 5.74) is 1.75. The van der Waals surface area contributed by atoms with Crippen LogP contribution in [0, 0.1) is 0 Å². The third-order valence-corrected chi connectivity index (χ3v) is 5.50. The van der Waals surface area contributed by atoms with Gasteiger partial charge in [-0.1, -0.05) is 35.9 Å². The lowest BCUT2D eigenvalue weighted by atomic mass is 10.1. The van der Waals surface area contributed by atoms with Crippen molar-refractivity contribution in [3.05, 3.63) is 105 Å². The monoisotopic (exact) mass is 504 g/mol. The maximum atomic E-state index is 13.1. The fraction of sp³-hybridized carbons (Fsp3) is 0.222. The van der Waals surface area contributed by atoms with Gasteiger partial charge in [0.2, 0.25) is 0 Å². The highest BCUT2D eigenvalue weighted by atomic mass is 35.5. The van der Waals surface area contributed by atoms with Gasteiger partial charge in [-0.05, 0) is 62.2 Å². The standard InChI is InChI=1S/C27H25ClN4O4/c1-27(2,3)36-26(35)19-8-4-18(5-9-19)15-32-16-31-23-14-29-22(12-21(23)25(32)34)24(33)30-13-17-6-10-20(28)11-7-17/h4-12,14,16H,13,15H2,1-3H3,(H,30,33). The second kappa shape index (κ2) is 10.3. The molecule has 0 spiro atoms. The van der Waals surface area contributed by atoms with Crippen LogP contribution in [0.5, 0.6) is 0 Å². The van der Waals surface area contributed by atoms with Crippen molar-refractivity contribution in [3.63, 3.8) is 0 Å². The van der Waals surface area contributed by atoms with Crippen LogP contribution in [-0.4, -0.2) is 32.0 Å². The van der Waals surface area contributed by atoms with Crippen LogP contribution in [0.2, 0.25) is 5.02 Å². The summed E-state index contributed by atoms with van der Waals surface area (Å²) in [4.78, 5) is 46.4. The SMILES string of the molecule is CC(C)(C)OC(=O)c1ccc(Cn2cnc3cnc(C(=O)NCc4ccc(Cl)cc4)cc3c2=O)cc1. The maximum absolute atomic E-state index is 13.1. The van der Waals surface area contributed by atoms with E-state index in [9.17, 15) is 14.4 Å². The van der Waals surface area contributed by atoms with E-state index in [1.165, 1.54) is 23.2 Å². The van der Waals surface area contributed by atoms with Gasteiger partial charge in [0.25, 0.3) is 11.5 Å². The number of aromatic nitrogens is 3. The molecule has 36 heavy (non-hydrogen) atoms. The first-order valence-electron chi connectivity index (χ1n) is 11.3. The summed E-state index contributed by atoms with van der Waals surface area (Å²) < 4.78 is 6.82. The first-order valence-corrected chi connectivity index (χ1v) is 11.7.